The minimum absolute atomic E-state index is 0.0228. The van der Waals surface area contributed by atoms with Crippen LogP contribution in [-0.2, 0) is 21.4 Å². The van der Waals surface area contributed by atoms with E-state index in [-0.39, 0.29) is 23.9 Å². The van der Waals surface area contributed by atoms with Crippen LogP contribution in [0, 0.1) is 25.7 Å². The minimum atomic E-state index is -3.70. The number of carbonyl (C=O) groups is 1. The molecule has 7 nitrogen and oxygen atoms in total. The molecule has 0 aromatic carbocycles. The molecule has 0 radical (unpaired) electrons. The molecule has 0 amide bonds. The van der Waals surface area contributed by atoms with E-state index in [1.54, 1.807) is 25.5 Å². The van der Waals surface area contributed by atoms with Crippen LogP contribution in [0.15, 0.2) is 4.90 Å². The molecule has 1 fully saturated rings. The molecule has 0 spiro atoms. The summed E-state index contributed by atoms with van der Waals surface area (Å²) >= 11 is 0. The van der Waals surface area contributed by atoms with Crippen molar-refractivity contribution in [2.75, 3.05) is 13.1 Å². The fourth-order valence-electron chi connectivity index (χ4n) is 2.93. The predicted molar refractivity (Wildman–Crippen MR) is 76.4 cm³/mol. The van der Waals surface area contributed by atoms with Crippen molar-refractivity contribution >= 4 is 16.0 Å². The molecule has 1 aromatic rings. The molecule has 1 aliphatic rings. The van der Waals surface area contributed by atoms with Gasteiger partial charge in [0.25, 0.3) is 0 Å². The van der Waals surface area contributed by atoms with Crippen LogP contribution in [0.1, 0.15) is 25.2 Å². The molecule has 21 heavy (non-hydrogen) atoms. The molecule has 8 heteroatoms. The number of hydrogen-bond donors (Lipinski definition) is 1. The molecule has 0 saturated carbocycles. The number of aryl methyl sites for hydroxylation is 2. The average molecular weight is 315 g/mol. The molecule has 2 heterocycles. The Hall–Kier alpha value is -1.41. The first-order valence-corrected chi connectivity index (χ1v) is 8.41. The second kappa shape index (κ2) is 5.42. The maximum atomic E-state index is 12.8. The standard InChI is InChI=1S/C13H21N3O4S/c1-5-16-10(4)12(9(3)14-16)21(19,20)15-6-8(2)11(7-15)13(17)18/h8,11H,5-7H2,1-4H3,(H,17,18)/t8-,11-/m1/s1. The highest BCUT2D eigenvalue weighted by Gasteiger charge is 2.42. The molecule has 1 aromatic heterocycles. The van der Waals surface area contributed by atoms with E-state index in [4.69, 9.17) is 5.11 Å². The second-order valence-electron chi connectivity index (χ2n) is 5.56. The Morgan fingerprint density at radius 1 is 1.38 bits per heavy atom. The maximum Gasteiger partial charge on any atom is 0.308 e. The monoisotopic (exact) mass is 315 g/mol. The fraction of sp³-hybridized carbons (Fsp3) is 0.692. The van der Waals surface area contributed by atoms with Crippen molar-refractivity contribution in [2.24, 2.45) is 11.8 Å². The number of aliphatic carboxylic acids is 1. The first-order chi connectivity index (χ1) is 9.70. The molecular weight excluding hydrogens is 294 g/mol. The summed E-state index contributed by atoms with van der Waals surface area (Å²) in [6, 6.07) is 0. The van der Waals surface area contributed by atoms with Crippen molar-refractivity contribution in [3.05, 3.63) is 11.4 Å². The summed E-state index contributed by atoms with van der Waals surface area (Å²) in [7, 11) is -3.70. The molecule has 2 rings (SSSR count). The van der Waals surface area contributed by atoms with Crippen molar-refractivity contribution in [1.82, 2.24) is 14.1 Å². The van der Waals surface area contributed by atoms with Crippen LogP contribution in [0.25, 0.3) is 0 Å². The summed E-state index contributed by atoms with van der Waals surface area (Å²) in [5.41, 5.74) is 1.06. The number of carboxylic acids is 1. The highest BCUT2D eigenvalue weighted by molar-refractivity contribution is 7.89. The third-order valence-electron chi connectivity index (χ3n) is 4.11. The normalized spacial score (nSPS) is 23.6. The summed E-state index contributed by atoms with van der Waals surface area (Å²) in [6.45, 7) is 7.91. The van der Waals surface area contributed by atoms with E-state index in [1.807, 2.05) is 6.92 Å². The molecule has 1 aliphatic heterocycles. The number of nitrogens with zero attached hydrogens (tertiary/aromatic N) is 3. The molecule has 0 unspecified atom stereocenters. The number of rotatable bonds is 4. The van der Waals surface area contributed by atoms with E-state index in [2.05, 4.69) is 5.10 Å². The predicted octanol–water partition coefficient (Wildman–Crippen LogP) is 0.861. The van der Waals surface area contributed by atoms with Crippen molar-refractivity contribution in [3.63, 3.8) is 0 Å². The van der Waals surface area contributed by atoms with Gasteiger partial charge >= 0.3 is 5.97 Å². The lowest BCUT2D eigenvalue weighted by Crippen LogP contribution is -2.30. The van der Waals surface area contributed by atoms with Gasteiger partial charge in [0.15, 0.2) is 0 Å². The van der Waals surface area contributed by atoms with Gasteiger partial charge in [-0.1, -0.05) is 6.92 Å². The Morgan fingerprint density at radius 3 is 2.43 bits per heavy atom. The second-order valence-corrected chi connectivity index (χ2v) is 7.43. The highest BCUT2D eigenvalue weighted by atomic mass is 32.2. The summed E-state index contributed by atoms with van der Waals surface area (Å²) < 4.78 is 28.5. The quantitative estimate of drug-likeness (QED) is 0.889. The van der Waals surface area contributed by atoms with E-state index in [0.717, 1.165) is 0 Å². The lowest BCUT2D eigenvalue weighted by molar-refractivity contribution is -0.142. The topological polar surface area (TPSA) is 92.5 Å². The van der Waals surface area contributed by atoms with E-state index in [9.17, 15) is 13.2 Å². The maximum absolute atomic E-state index is 12.8. The lowest BCUT2D eigenvalue weighted by Gasteiger charge is -2.16. The summed E-state index contributed by atoms with van der Waals surface area (Å²) in [5, 5.41) is 13.4. The molecule has 1 N–H and O–H groups in total. The van der Waals surface area contributed by atoms with Crippen molar-refractivity contribution < 1.29 is 18.3 Å². The molecule has 118 valence electrons. The van der Waals surface area contributed by atoms with Crippen LogP contribution in [0.5, 0.6) is 0 Å². The van der Waals surface area contributed by atoms with Crippen LogP contribution < -0.4 is 0 Å². The van der Waals surface area contributed by atoms with Crippen LogP contribution in [0.4, 0.5) is 0 Å². The average Bonchev–Trinajstić information content (AvgIpc) is 2.90. The van der Waals surface area contributed by atoms with Gasteiger partial charge in [-0.3, -0.25) is 9.48 Å². The van der Waals surface area contributed by atoms with Crippen LogP contribution in [-0.4, -0.2) is 46.7 Å². The SMILES string of the molecule is CCn1nc(C)c(S(=O)(=O)N2C[C@@H](C)[C@H](C(=O)O)C2)c1C. The third-order valence-corrected chi connectivity index (χ3v) is 6.19. The number of aromatic nitrogens is 2. The number of sulfonamides is 1. The van der Waals surface area contributed by atoms with Crippen LogP contribution >= 0.6 is 0 Å². The lowest BCUT2D eigenvalue weighted by atomic mass is 9.99. The van der Waals surface area contributed by atoms with Gasteiger partial charge in [-0.05, 0) is 26.7 Å². The van der Waals surface area contributed by atoms with Crippen LogP contribution in [0.3, 0.4) is 0 Å². The summed E-state index contributed by atoms with van der Waals surface area (Å²) in [4.78, 5) is 11.4. The largest absolute Gasteiger partial charge is 0.481 e. The van der Waals surface area contributed by atoms with Gasteiger partial charge in [0, 0.05) is 19.6 Å². The first-order valence-electron chi connectivity index (χ1n) is 6.97. The zero-order chi connectivity index (χ0) is 15.9. The van der Waals surface area contributed by atoms with Crippen molar-refractivity contribution in [2.45, 2.75) is 39.1 Å². The highest BCUT2D eigenvalue weighted by Crippen LogP contribution is 2.31. The van der Waals surface area contributed by atoms with Crippen molar-refractivity contribution in [1.29, 1.82) is 0 Å². The number of hydrogen-bond acceptors (Lipinski definition) is 4. The van der Waals surface area contributed by atoms with E-state index in [0.29, 0.717) is 17.9 Å². The summed E-state index contributed by atoms with van der Waals surface area (Å²) in [6.07, 6.45) is 0. The smallest absolute Gasteiger partial charge is 0.308 e. The Morgan fingerprint density at radius 2 is 2.00 bits per heavy atom. The van der Waals surface area contributed by atoms with E-state index in [1.165, 1.54) is 4.31 Å². The number of carboxylic acid groups (broad SMARTS) is 1. The Labute approximate surface area is 124 Å². The Balaban J connectivity index is 2.40. The zero-order valence-electron chi connectivity index (χ0n) is 12.7. The molecular formula is C13H21N3O4S. The van der Waals surface area contributed by atoms with Gasteiger partial charge in [0.1, 0.15) is 4.90 Å². The van der Waals surface area contributed by atoms with E-state index >= 15 is 0 Å². The Bertz CT molecular complexity index is 665. The first kappa shape index (κ1) is 16.0. The van der Waals surface area contributed by atoms with Crippen LogP contribution in [0.2, 0.25) is 0 Å². The zero-order valence-corrected chi connectivity index (χ0v) is 13.5. The molecule has 2 atom stereocenters. The molecule has 0 aliphatic carbocycles. The van der Waals surface area contributed by atoms with Gasteiger partial charge in [0.05, 0.1) is 17.3 Å². The van der Waals surface area contributed by atoms with Gasteiger partial charge < -0.3 is 5.11 Å². The third kappa shape index (κ3) is 2.57. The van der Waals surface area contributed by atoms with Gasteiger partial charge in [-0.2, -0.15) is 9.40 Å². The molecule has 0 bridgehead atoms. The fourth-order valence-corrected chi connectivity index (χ4v) is 4.87. The summed E-state index contributed by atoms with van der Waals surface area (Å²) in [5.74, 6) is -1.79. The Kier molecular flexibility index (Phi) is 4.12. The van der Waals surface area contributed by atoms with E-state index < -0.39 is 21.9 Å². The van der Waals surface area contributed by atoms with Crippen molar-refractivity contribution in [3.8, 4) is 0 Å². The minimum Gasteiger partial charge on any atom is -0.481 e. The van der Waals surface area contributed by atoms with Gasteiger partial charge in [-0.25, -0.2) is 8.42 Å². The van der Waals surface area contributed by atoms with Gasteiger partial charge in [-0.15, -0.1) is 0 Å². The molecule has 1 saturated heterocycles. The van der Waals surface area contributed by atoms with Gasteiger partial charge in [0.2, 0.25) is 10.0 Å².